The summed E-state index contributed by atoms with van der Waals surface area (Å²) in [7, 11) is 1.69. The molecule has 144 valence electrons. The molecule has 4 nitrogen and oxygen atoms in total. The number of para-hydroxylation sites is 2. The van der Waals surface area contributed by atoms with Gasteiger partial charge in [0.25, 0.3) is 5.91 Å². The van der Waals surface area contributed by atoms with E-state index in [9.17, 15) is 4.79 Å². The normalized spacial score (nSPS) is 14.2. The average molecular weight is 413 g/mol. The Labute approximate surface area is 173 Å². The van der Waals surface area contributed by atoms with Crippen molar-refractivity contribution in [1.82, 2.24) is 4.90 Å². The van der Waals surface area contributed by atoms with Gasteiger partial charge in [-0.2, -0.15) is 0 Å². The third-order valence-electron chi connectivity index (χ3n) is 4.94. The second kappa shape index (κ2) is 8.25. The van der Waals surface area contributed by atoms with Crippen LogP contribution in [0.15, 0.2) is 60.7 Å². The molecule has 0 radical (unpaired) electrons. The second-order valence-electron chi connectivity index (χ2n) is 6.62. The Morgan fingerprint density at radius 3 is 2.39 bits per heavy atom. The van der Waals surface area contributed by atoms with Gasteiger partial charge in [-0.3, -0.25) is 4.79 Å². The number of piperazine rings is 1. The molecule has 0 bridgehead atoms. The number of carbonyl (C=O) groups excluding carboxylic acids is 1. The van der Waals surface area contributed by atoms with Crippen LogP contribution in [-0.2, 0) is 0 Å². The standard InChI is InChI=1S/C22H21ClN2O2S/c1-27-19-5-3-2-4-18(19)24-12-14-25(15-13-24)22(26)21-11-10-20(28-21)16-6-8-17(23)9-7-16/h2-11H,12-15H2,1H3. The zero-order valence-electron chi connectivity index (χ0n) is 15.6. The molecular weight excluding hydrogens is 392 g/mol. The number of benzene rings is 2. The van der Waals surface area contributed by atoms with E-state index in [0.717, 1.165) is 39.8 Å². The lowest BCUT2D eigenvalue weighted by Crippen LogP contribution is -2.48. The summed E-state index contributed by atoms with van der Waals surface area (Å²) < 4.78 is 5.47. The Bertz CT molecular complexity index is 963. The van der Waals surface area contributed by atoms with E-state index in [0.29, 0.717) is 18.1 Å². The molecule has 1 aliphatic rings. The molecule has 3 aromatic rings. The maximum Gasteiger partial charge on any atom is 0.264 e. The van der Waals surface area contributed by atoms with Gasteiger partial charge in [0.1, 0.15) is 5.75 Å². The van der Waals surface area contributed by atoms with Gasteiger partial charge in [-0.1, -0.05) is 35.9 Å². The molecule has 1 aromatic heterocycles. The number of ether oxygens (including phenoxy) is 1. The zero-order valence-corrected chi connectivity index (χ0v) is 17.2. The SMILES string of the molecule is COc1ccccc1N1CCN(C(=O)c2ccc(-c3ccc(Cl)cc3)s2)CC1. The van der Waals surface area contributed by atoms with E-state index in [1.807, 2.05) is 59.5 Å². The Morgan fingerprint density at radius 2 is 1.68 bits per heavy atom. The molecule has 0 N–H and O–H groups in total. The Hall–Kier alpha value is -2.50. The van der Waals surface area contributed by atoms with Crippen LogP contribution in [0.1, 0.15) is 9.67 Å². The highest BCUT2D eigenvalue weighted by molar-refractivity contribution is 7.17. The molecule has 1 amide bonds. The van der Waals surface area contributed by atoms with E-state index in [2.05, 4.69) is 11.0 Å². The van der Waals surface area contributed by atoms with Crippen LogP contribution in [0.3, 0.4) is 0 Å². The van der Waals surface area contributed by atoms with E-state index in [1.54, 1.807) is 7.11 Å². The molecule has 1 aliphatic heterocycles. The number of hydrogen-bond acceptors (Lipinski definition) is 4. The summed E-state index contributed by atoms with van der Waals surface area (Å²) in [6, 6.07) is 19.6. The number of halogens is 1. The van der Waals surface area contributed by atoms with E-state index in [1.165, 1.54) is 11.3 Å². The Balaban J connectivity index is 1.42. The second-order valence-corrected chi connectivity index (χ2v) is 8.14. The summed E-state index contributed by atoms with van der Waals surface area (Å²) in [4.78, 5) is 19.0. The molecule has 1 fully saturated rings. The van der Waals surface area contributed by atoms with Crippen molar-refractivity contribution in [3.8, 4) is 16.2 Å². The molecule has 2 heterocycles. The lowest BCUT2D eigenvalue weighted by Gasteiger charge is -2.36. The number of carbonyl (C=O) groups is 1. The predicted octanol–water partition coefficient (Wildman–Crippen LogP) is 5.04. The summed E-state index contributed by atoms with van der Waals surface area (Å²) in [5.74, 6) is 0.970. The molecule has 28 heavy (non-hydrogen) atoms. The first-order valence-corrected chi connectivity index (χ1v) is 10.4. The van der Waals surface area contributed by atoms with E-state index in [-0.39, 0.29) is 5.91 Å². The highest BCUT2D eigenvalue weighted by Crippen LogP contribution is 2.31. The van der Waals surface area contributed by atoms with Crippen LogP contribution in [0.5, 0.6) is 5.75 Å². The van der Waals surface area contributed by atoms with Gasteiger partial charge < -0.3 is 14.5 Å². The zero-order chi connectivity index (χ0) is 19.5. The van der Waals surface area contributed by atoms with E-state index < -0.39 is 0 Å². The van der Waals surface area contributed by atoms with Crippen molar-refractivity contribution in [1.29, 1.82) is 0 Å². The van der Waals surface area contributed by atoms with Crippen LogP contribution >= 0.6 is 22.9 Å². The number of methoxy groups -OCH3 is 1. The van der Waals surface area contributed by atoms with Crippen molar-refractivity contribution in [2.45, 2.75) is 0 Å². The molecule has 6 heteroatoms. The summed E-state index contributed by atoms with van der Waals surface area (Å²) in [5.41, 5.74) is 2.16. The smallest absolute Gasteiger partial charge is 0.264 e. The van der Waals surface area contributed by atoms with Crippen molar-refractivity contribution < 1.29 is 9.53 Å². The average Bonchev–Trinajstić information content (AvgIpc) is 3.24. The Morgan fingerprint density at radius 1 is 0.964 bits per heavy atom. The number of thiophene rings is 1. The van der Waals surface area contributed by atoms with Crippen LogP contribution in [0.25, 0.3) is 10.4 Å². The predicted molar refractivity (Wildman–Crippen MR) is 116 cm³/mol. The van der Waals surface area contributed by atoms with Crippen molar-refractivity contribution in [2.75, 3.05) is 38.2 Å². The van der Waals surface area contributed by atoms with Crippen LogP contribution in [0.4, 0.5) is 5.69 Å². The fourth-order valence-corrected chi connectivity index (χ4v) is 4.52. The molecule has 1 saturated heterocycles. The minimum atomic E-state index is 0.102. The molecule has 2 aromatic carbocycles. The van der Waals surface area contributed by atoms with Crippen LogP contribution in [-0.4, -0.2) is 44.1 Å². The maximum atomic E-state index is 12.9. The summed E-state index contributed by atoms with van der Waals surface area (Å²) >= 11 is 7.49. The first-order valence-electron chi connectivity index (χ1n) is 9.19. The van der Waals surface area contributed by atoms with Crippen molar-refractivity contribution >= 4 is 34.5 Å². The van der Waals surface area contributed by atoms with E-state index >= 15 is 0 Å². The lowest BCUT2D eigenvalue weighted by molar-refractivity contribution is 0.0751. The molecule has 0 saturated carbocycles. The third-order valence-corrected chi connectivity index (χ3v) is 6.31. The van der Waals surface area contributed by atoms with Gasteiger partial charge in [0.2, 0.25) is 0 Å². The fourth-order valence-electron chi connectivity index (χ4n) is 3.42. The number of anilines is 1. The van der Waals surface area contributed by atoms with Crippen molar-refractivity contribution in [2.24, 2.45) is 0 Å². The summed E-state index contributed by atoms with van der Waals surface area (Å²) in [6.45, 7) is 2.99. The first-order chi connectivity index (χ1) is 13.7. The molecule has 4 rings (SSSR count). The Kier molecular flexibility index (Phi) is 5.55. The quantitative estimate of drug-likeness (QED) is 0.601. The number of rotatable bonds is 4. The van der Waals surface area contributed by atoms with Gasteiger partial charge in [-0.15, -0.1) is 11.3 Å². The lowest BCUT2D eigenvalue weighted by atomic mass is 10.2. The fraction of sp³-hybridized carbons (Fsp3) is 0.227. The van der Waals surface area contributed by atoms with Crippen LogP contribution < -0.4 is 9.64 Å². The van der Waals surface area contributed by atoms with Gasteiger partial charge in [0.15, 0.2) is 0 Å². The van der Waals surface area contributed by atoms with Gasteiger partial charge in [-0.05, 0) is 42.0 Å². The monoisotopic (exact) mass is 412 g/mol. The topological polar surface area (TPSA) is 32.8 Å². The number of hydrogen-bond donors (Lipinski definition) is 0. The minimum Gasteiger partial charge on any atom is -0.495 e. The number of amides is 1. The van der Waals surface area contributed by atoms with Gasteiger partial charge in [-0.25, -0.2) is 0 Å². The first kappa shape index (κ1) is 18.8. The minimum absolute atomic E-state index is 0.102. The highest BCUT2D eigenvalue weighted by Gasteiger charge is 2.24. The van der Waals surface area contributed by atoms with Crippen molar-refractivity contribution in [3.05, 3.63) is 70.6 Å². The van der Waals surface area contributed by atoms with E-state index in [4.69, 9.17) is 16.3 Å². The molecule has 0 atom stereocenters. The maximum absolute atomic E-state index is 12.9. The van der Waals surface area contributed by atoms with Gasteiger partial charge >= 0.3 is 0 Å². The summed E-state index contributed by atoms with van der Waals surface area (Å²) in [5, 5.41) is 0.713. The number of nitrogens with zero attached hydrogens (tertiary/aromatic N) is 2. The van der Waals surface area contributed by atoms with Crippen LogP contribution in [0.2, 0.25) is 5.02 Å². The van der Waals surface area contributed by atoms with Gasteiger partial charge in [0, 0.05) is 36.1 Å². The third kappa shape index (κ3) is 3.86. The molecule has 0 spiro atoms. The summed E-state index contributed by atoms with van der Waals surface area (Å²) in [6.07, 6.45) is 0. The largest absolute Gasteiger partial charge is 0.495 e. The molecular formula is C22H21ClN2O2S. The highest BCUT2D eigenvalue weighted by atomic mass is 35.5. The van der Waals surface area contributed by atoms with Gasteiger partial charge in [0.05, 0.1) is 17.7 Å². The molecule has 0 aliphatic carbocycles. The van der Waals surface area contributed by atoms with Crippen LogP contribution in [0, 0.1) is 0 Å². The van der Waals surface area contributed by atoms with Crippen molar-refractivity contribution in [3.63, 3.8) is 0 Å². The molecule has 0 unspecified atom stereocenters.